The van der Waals surface area contributed by atoms with Gasteiger partial charge >= 0.3 is 6.18 Å². The molecular weight excluding hydrogens is 289 g/mol. The summed E-state index contributed by atoms with van der Waals surface area (Å²) in [6.07, 6.45) is -4.74. The molecular formula is C15H8F5N. The minimum absolute atomic E-state index is 0.00947. The molecule has 2 aromatic carbocycles. The van der Waals surface area contributed by atoms with E-state index in [2.05, 4.69) is 0 Å². The van der Waals surface area contributed by atoms with Crippen molar-refractivity contribution < 1.29 is 22.0 Å². The van der Waals surface area contributed by atoms with Crippen LogP contribution in [0.15, 0.2) is 36.4 Å². The zero-order valence-electron chi connectivity index (χ0n) is 10.5. The maximum atomic E-state index is 13.2. The number of hydrogen-bond acceptors (Lipinski definition) is 1. The molecule has 1 nitrogen and oxygen atoms in total. The molecule has 108 valence electrons. The van der Waals surface area contributed by atoms with Crippen LogP contribution in [0.4, 0.5) is 22.0 Å². The molecule has 0 spiro atoms. The van der Waals surface area contributed by atoms with Crippen LogP contribution in [-0.2, 0) is 12.6 Å². The van der Waals surface area contributed by atoms with Crippen molar-refractivity contribution in [2.75, 3.05) is 0 Å². The summed E-state index contributed by atoms with van der Waals surface area (Å²) in [5.41, 5.74) is -0.715. The fourth-order valence-electron chi connectivity index (χ4n) is 1.97. The Labute approximate surface area is 117 Å². The molecule has 0 radical (unpaired) electrons. The summed E-state index contributed by atoms with van der Waals surface area (Å²) in [5, 5.41) is 8.71. The first-order valence-electron chi connectivity index (χ1n) is 5.85. The van der Waals surface area contributed by atoms with Crippen LogP contribution in [0.3, 0.4) is 0 Å². The molecule has 0 saturated heterocycles. The SMILES string of the molecule is N#CCc1ccc(C(F)(F)F)cc1-c1cc(F)cc(F)c1. The average Bonchev–Trinajstić information content (AvgIpc) is 2.37. The third kappa shape index (κ3) is 3.37. The van der Waals surface area contributed by atoms with Gasteiger partial charge in [-0.05, 0) is 41.0 Å². The van der Waals surface area contributed by atoms with Gasteiger partial charge in [-0.15, -0.1) is 0 Å². The molecule has 2 rings (SSSR count). The highest BCUT2D eigenvalue weighted by Gasteiger charge is 2.31. The number of halogens is 5. The van der Waals surface area contributed by atoms with Crippen LogP contribution in [0.2, 0.25) is 0 Å². The molecule has 0 N–H and O–H groups in total. The van der Waals surface area contributed by atoms with Gasteiger partial charge in [0, 0.05) is 6.07 Å². The van der Waals surface area contributed by atoms with Crippen LogP contribution in [0, 0.1) is 23.0 Å². The summed E-state index contributed by atoms with van der Waals surface area (Å²) in [4.78, 5) is 0. The third-order valence-corrected chi connectivity index (χ3v) is 2.88. The van der Waals surface area contributed by atoms with Gasteiger partial charge < -0.3 is 0 Å². The summed E-state index contributed by atoms with van der Waals surface area (Å²) >= 11 is 0. The number of benzene rings is 2. The summed E-state index contributed by atoms with van der Waals surface area (Å²) in [6.45, 7) is 0. The van der Waals surface area contributed by atoms with Crippen molar-refractivity contribution in [3.05, 3.63) is 59.2 Å². The Morgan fingerprint density at radius 3 is 2.10 bits per heavy atom. The third-order valence-electron chi connectivity index (χ3n) is 2.88. The highest BCUT2D eigenvalue weighted by molar-refractivity contribution is 5.69. The van der Waals surface area contributed by atoms with E-state index in [-0.39, 0.29) is 23.1 Å². The van der Waals surface area contributed by atoms with E-state index in [0.717, 1.165) is 30.3 Å². The molecule has 0 unspecified atom stereocenters. The summed E-state index contributed by atoms with van der Waals surface area (Å²) in [7, 11) is 0. The average molecular weight is 297 g/mol. The molecule has 0 heterocycles. The molecule has 0 fully saturated rings. The largest absolute Gasteiger partial charge is 0.416 e. The van der Waals surface area contributed by atoms with Crippen molar-refractivity contribution in [1.29, 1.82) is 5.26 Å². The van der Waals surface area contributed by atoms with Crippen molar-refractivity contribution in [2.45, 2.75) is 12.6 Å². The van der Waals surface area contributed by atoms with Gasteiger partial charge in [0.25, 0.3) is 0 Å². The van der Waals surface area contributed by atoms with Crippen molar-refractivity contribution in [3.63, 3.8) is 0 Å². The van der Waals surface area contributed by atoms with Gasteiger partial charge in [-0.2, -0.15) is 18.4 Å². The lowest BCUT2D eigenvalue weighted by Crippen LogP contribution is -2.06. The van der Waals surface area contributed by atoms with E-state index in [0.29, 0.717) is 6.07 Å². The molecule has 0 atom stereocenters. The monoisotopic (exact) mass is 297 g/mol. The first-order valence-corrected chi connectivity index (χ1v) is 5.85. The lowest BCUT2D eigenvalue weighted by atomic mass is 9.95. The van der Waals surface area contributed by atoms with Crippen molar-refractivity contribution in [3.8, 4) is 17.2 Å². The predicted molar refractivity (Wildman–Crippen MR) is 66.1 cm³/mol. The van der Waals surface area contributed by atoms with E-state index in [9.17, 15) is 22.0 Å². The molecule has 2 aromatic rings. The molecule has 0 saturated carbocycles. The maximum Gasteiger partial charge on any atom is 0.416 e. The lowest BCUT2D eigenvalue weighted by Gasteiger charge is -2.12. The Morgan fingerprint density at radius 1 is 0.952 bits per heavy atom. The number of hydrogen-bond donors (Lipinski definition) is 0. The van der Waals surface area contributed by atoms with Crippen LogP contribution in [0.5, 0.6) is 0 Å². The summed E-state index contributed by atoms with van der Waals surface area (Å²) in [5.74, 6) is -1.80. The first-order chi connectivity index (χ1) is 9.81. The standard InChI is InChI=1S/C15H8F5N/c16-12-5-10(6-13(17)8-12)14-7-11(15(18,19)20)2-1-9(14)3-4-21/h1-2,5-8H,3H2. The van der Waals surface area contributed by atoms with E-state index >= 15 is 0 Å². The van der Waals surface area contributed by atoms with Crippen molar-refractivity contribution in [1.82, 2.24) is 0 Å². The molecule has 0 aliphatic heterocycles. The summed E-state index contributed by atoms with van der Waals surface area (Å²) in [6, 6.07) is 7.07. The first kappa shape index (κ1) is 15.0. The molecule has 0 aliphatic rings. The molecule has 0 amide bonds. The maximum absolute atomic E-state index is 13.2. The molecule has 0 bridgehead atoms. The lowest BCUT2D eigenvalue weighted by molar-refractivity contribution is -0.137. The fraction of sp³-hybridized carbons (Fsp3) is 0.133. The van der Waals surface area contributed by atoms with Gasteiger partial charge in [-0.25, -0.2) is 8.78 Å². The normalized spacial score (nSPS) is 11.2. The van der Waals surface area contributed by atoms with Crippen LogP contribution < -0.4 is 0 Å². The number of rotatable bonds is 2. The van der Waals surface area contributed by atoms with Gasteiger partial charge in [0.15, 0.2) is 0 Å². The van der Waals surface area contributed by atoms with Gasteiger partial charge in [-0.1, -0.05) is 6.07 Å². The topological polar surface area (TPSA) is 23.8 Å². The van der Waals surface area contributed by atoms with Gasteiger partial charge in [-0.3, -0.25) is 0 Å². The van der Waals surface area contributed by atoms with Crippen molar-refractivity contribution >= 4 is 0 Å². The molecule has 0 aromatic heterocycles. The van der Waals surface area contributed by atoms with Gasteiger partial charge in [0.1, 0.15) is 11.6 Å². The second kappa shape index (κ2) is 5.52. The molecule has 0 aliphatic carbocycles. The smallest absolute Gasteiger partial charge is 0.207 e. The van der Waals surface area contributed by atoms with Crippen LogP contribution in [-0.4, -0.2) is 0 Å². The Hall–Kier alpha value is -2.42. The van der Waals surface area contributed by atoms with Crippen molar-refractivity contribution in [2.24, 2.45) is 0 Å². The van der Waals surface area contributed by atoms with Crippen LogP contribution in [0.1, 0.15) is 11.1 Å². The quantitative estimate of drug-likeness (QED) is 0.736. The number of alkyl halides is 3. The van der Waals surface area contributed by atoms with E-state index < -0.39 is 23.4 Å². The Bertz CT molecular complexity index is 693. The Morgan fingerprint density at radius 2 is 1.57 bits per heavy atom. The number of nitriles is 1. The zero-order chi connectivity index (χ0) is 15.6. The number of nitrogens with zero attached hydrogens (tertiary/aromatic N) is 1. The highest BCUT2D eigenvalue weighted by Crippen LogP contribution is 2.34. The fourth-order valence-corrected chi connectivity index (χ4v) is 1.97. The van der Waals surface area contributed by atoms with E-state index in [1.165, 1.54) is 0 Å². The zero-order valence-corrected chi connectivity index (χ0v) is 10.5. The summed E-state index contributed by atoms with van der Waals surface area (Å²) < 4.78 is 64.7. The minimum Gasteiger partial charge on any atom is -0.207 e. The second-order valence-corrected chi connectivity index (χ2v) is 4.36. The van der Waals surface area contributed by atoms with Gasteiger partial charge in [0.2, 0.25) is 0 Å². The van der Waals surface area contributed by atoms with E-state index in [4.69, 9.17) is 5.26 Å². The predicted octanol–water partition coefficient (Wildman–Crippen LogP) is 4.72. The molecule has 6 heteroatoms. The van der Waals surface area contributed by atoms with E-state index in [1.807, 2.05) is 6.07 Å². The van der Waals surface area contributed by atoms with Crippen LogP contribution >= 0.6 is 0 Å². The second-order valence-electron chi connectivity index (χ2n) is 4.36. The van der Waals surface area contributed by atoms with E-state index in [1.54, 1.807) is 0 Å². The Kier molecular flexibility index (Phi) is 3.94. The Balaban J connectivity index is 2.66. The highest BCUT2D eigenvalue weighted by atomic mass is 19.4. The van der Waals surface area contributed by atoms with Gasteiger partial charge in [0.05, 0.1) is 18.1 Å². The molecule has 21 heavy (non-hydrogen) atoms. The van der Waals surface area contributed by atoms with Crippen LogP contribution in [0.25, 0.3) is 11.1 Å². The minimum atomic E-state index is -4.58.